The van der Waals surface area contributed by atoms with E-state index in [4.69, 9.17) is 0 Å². The van der Waals surface area contributed by atoms with Gasteiger partial charge < -0.3 is 5.32 Å². The van der Waals surface area contributed by atoms with Gasteiger partial charge in [-0.15, -0.1) is 0 Å². The van der Waals surface area contributed by atoms with Crippen molar-refractivity contribution in [1.29, 1.82) is 0 Å². The highest BCUT2D eigenvalue weighted by Gasteiger charge is 2.33. The van der Waals surface area contributed by atoms with Crippen LogP contribution in [0, 0.1) is 13.8 Å². The fraction of sp³-hybridized carbons (Fsp3) is 0.222. The molecule has 2 aromatic carbocycles. The largest absolute Gasteiger partial charge is 0.342 e. The zero-order chi connectivity index (χ0) is 15.0. The Morgan fingerprint density at radius 3 is 2.38 bits per heavy atom. The Morgan fingerprint density at radius 1 is 1.05 bits per heavy atom. The van der Waals surface area contributed by atoms with Crippen LogP contribution in [0.25, 0.3) is 0 Å². The molecule has 3 rings (SSSR count). The number of rotatable bonds is 2. The molecule has 106 valence electrons. The molecule has 2 aromatic rings. The van der Waals surface area contributed by atoms with Gasteiger partial charge in [-0.3, -0.25) is 9.59 Å². The number of benzene rings is 2. The molecule has 1 aliphatic rings. The van der Waals surface area contributed by atoms with Gasteiger partial charge in [-0.2, -0.15) is 0 Å². The first-order valence-corrected chi connectivity index (χ1v) is 7.07. The average Bonchev–Trinajstić information content (AvgIpc) is 2.82. The number of nitrogens with one attached hydrogen (secondary N) is 1. The molecule has 0 fully saturated rings. The van der Waals surface area contributed by atoms with Crippen LogP contribution in [-0.4, -0.2) is 17.7 Å². The van der Waals surface area contributed by atoms with Gasteiger partial charge in [-0.25, -0.2) is 0 Å². The summed E-state index contributed by atoms with van der Waals surface area (Å²) in [6, 6.07) is 12.5. The Hall–Kier alpha value is -2.42. The Balaban J connectivity index is 1.84. The smallest absolute Gasteiger partial charge is 0.251 e. The number of Topliss-reactive ketones (excluding diaryl/α,β-unsaturated/α-hetero) is 1. The Kier molecular flexibility index (Phi) is 3.34. The fourth-order valence-corrected chi connectivity index (χ4v) is 2.89. The van der Waals surface area contributed by atoms with Crippen LogP contribution in [0.3, 0.4) is 0 Å². The van der Waals surface area contributed by atoms with Crippen LogP contribution in [0.1, 0.15) is 37.4 Å². The number of ketones is 1. The molecular weight excluding hydrogens is 262 g/mol. The summed E-state index contributed by atoms with van der Waals surface area (Å²) in [7, 11) is 0. The van der Waals surface area contributed by atoms with Gasteiger partial charge in [0.2, 0.25) is 0 Å². The standard InChI is InChI=1S/C18H17NO2/c1-11-8-9-12(2)16-14(11)10-15(17(16)20)19-18(21)13-6-4-3-5-7-13/h3-9,15H,10H2,1-2H3,(H,19,21). The number of hydrogen-bond donors (Lipinski definition) is 1. The predicted molar refractivity (Wildman–Crippen MR) is 81.6 cm³/mol. The maximum absolute atomic E-state index is 12.5. The van der Waals surface area contributed by atoms with Crippen molar-refractivity contribution in [2.75, 3.05) is 0 Å². The first kappa shape index (κ1) is 13.6. The molecule has 21 heavy (non-hydrogen) atoms. The predicted octanol–water partition coefficient (Wildman–Crippen LogP) is 2.84. The lowest BCUT2D eigenvalue weighted by molar-refractivity contribution is 0.0868. The fourth-order valence-electron chi connectivity index (χ4n) is 2.89. The van der Waals surface area contributed by atoms with E-state index in [-0.39, 0.29) is 11.7 Å². The number of aryl methyl sites for hydroxylation is 2. The van der Waals surface area contributed by atoms with Crippen LogP contribution in [0.4, 0.5) is 0 Å². The lowest BCUT2D eigenvalue weighted by Crippen LogP contribution is -2.39. The van der Waals surface area contributed by atoms with E-state index in [0.29, 0.717) is 12.0 Å². The minimum Gasteiger partial charge on any atom is -0.342 e. The van der Waals surface area contributed by atoms with Gasteiger partial charge >= 0.3 is 0 Å². The van der Waals surface area contributed by atoms with Crippen molar-refractivity contribution >= 4 is 11.7 Å². The lowest BCUT2D eigenvalue weighted by atomic mass is 10.00. The number of hydrogen-bond acceptors (Lipinski definition) is 2. The summed E-state index contributed by atoms with van der Waals surface area (Å²) in [5.74, 6) is -0.174. The third kappa shape index (κ3) is 2.35. The quantitative estimate of drug-likeness (QED) is 0.918. The first-order valence-electron chi connectivity index (χ1n) is 7.07. The van der Waals surface area contributed by atoms with Gasteiger partial charge in [-0.05, 0) is 42.7 Å². The van der Waals surface area contributed by atoms with Crippen molar-refractivity contribution in [2.24, 2.45) is 0 Å². The molecule has 1 unspecified atom stereocenters. The highest BCUT2D eigenvalue weighted by atomic mass is 16.2. The molecule has 0 saturated carbocycles. The van der Waals surface area contributed by atoms with Crippen molar-refractivity contribution in [3.05, 3.63) is 70.3 Å². The number of carbonyl (C=O) groups excluding carboxylic acids is 2. The summed E-state index contributed by atoms with van der Waals surface area (Å²) < 4.78 is 0. The molecule has 3 heteroatoms. The lowest BCUT2D eigenvalue weighted by Gasteiger charge is -2.11. The SMILES string of the molecule is Cc1ccc(C)c2c1CC(NC(=O)c1ccccc1)C2=O. The number of amides is 1. The molecular formula is C18H17NO2. The molecule has 0 radical (unpaired) electrons. The van der Waals surface area contributed by atoms with Crippen molar-refractivity contribution in [3.8, 4) is 0 Å². The Bertz CT molecular complexity index is 719. The van der Waals surface area contributed by atoms with Crippen LogP contribution in [0.2, 0.25) is 0 Å². The van der Waals surface area contributed by atoms with E-state index < -0.39 is 6.04 Å². The second kappa shape index (κ2) is 5.17. The first-order chi connectivity index (χ1) is 10.1. The zero-order valence-electron chi connectivity index (χ0n) is 12.1. The zero-order valence-corrected chi connectivity index (χ0v) is 12.1. The maximum Gasteiger partial charge on any atom is 0.251 e. The molecule has 1 amide bonds. The summed E-state index contributed by atoms with van der Waals surface area (Å²) in [6.45, 7) is 3.95. The van der Waals surface area contributed by atoms with Crippen molar-refractivity contribution in [2.45, 2.75) is 26.3 Å². The van der Waals surface area contributed by atoms with Gasteiger partial charge in [0.1, 0.15) is 0 Å². The third-order valence-electron chi connectivity index (χ3n) is 4.07. The van der Waals surface area contributed by atoms with Crippen molar-refractivity contribution in [3.63, 3.8) is 0 Å². The van der Waals surface area contributed by atoms with Gasteiger partial charge in [0.05, 0.1) is 6.04 Å². The van der Waals surface area contributed by atoms with E-state index in [1.807, 2.05) is 44.2 Å². The summed E-state index contributed by atoms with van der Waals surface area (Å²) in [6.07, 6.45) is 0.584. The second-order valence-electron chi connectivity index (χ2n) is 5.51. The van der Waals surface area contributed by atoms with Crippen LogP contribution in [0.5, 0.6) is 0 Å². The van der Waals surface area contributed by atoms with E-state index in [1.165, 1.54) is 0 Å². The van der Waals surface area contributed by atoms with Crippen LogP contribution < -0.4 is 5.32 Å². The molecule has 0 bridgehead atoms. The average molecular weight is 279 g/mol. The van der Waals surface area contributed by atoms with E-state index >= 15 is 0 Å². The summed E-state index contributed by atoms with van der Waals surface area (Å²) in [5, 5.41) is 2.86. The van der Waals surface area contributed by atoms with E-state index in [2.05, 4.69) is 5.32 Å². The van der Waals surface area contributed by atoms with Gasteiger partial charge in [0.25, 0.3) is 5.91 Å². The van der Waals surface area contributed by atoms with Gasteiger partial charge in [0, 0.05) is 17.5 Å². The minimum absolute atomic E-state index is 0.0236. The summed E-state index contributed by atoms with van der Waals surface area (Å²) in [5.41, 5.74) is 4.53. The van der Waals surface area contributed by atoms with Gasteiger partial charge in [-0.1, -0.05) is 30.3 Å². The highest BCUT2D eigenvalue weighted by Crippen LogP contribution is 2.28. The molecule has 0 heterocycles. The molecule has 0 saturated heterocycles. The summed E-state index contributed by atoms with van der Waals surface area (Å²) >= 11 is 0. The monoisotopic (exact) mass is 279 g/mol. The number of carbonyl (C=O) groups is 2. The van der Waals surface area contributed by atoms with Crippen LogP contribution >= 0.6 is 0 Å². The van der Waals surface area contributed by atoms with Crippen LogP contribution in [-0.2, 0) is 6.42 Å². The van der Waals surface area contributed by atoms with E-state index in [0.717, 1.165) is 22.3 Å². The molecule has 0 aromatic heterocycles. The van der Waals surface area contributed by atoms with Crippen molar-refractivity contribution in [1.82, 2.24) is 5.32 Å². The molecule has 3 nitrogen and oxygen atoms in total. The normalized spacial score (nSPS) is 16.7. The molecule has 0 spiro atoms. The third-order valence-corrected chi connectivity index (χ3v) is 4.07. The Morgan fingerprint density at radius 2 is 1.71 bits per heavy atom. The molecule has 1 N–H and O–H groups in total. The van der Waals surface area contributed by atoms with E-state index in [9.17, 15) is 9.59 Å². The Labute approximate surface area is 124 Å². The minimum atomic E-state index is -0.451. The van der Waals surface area contributed by atoms with Crippen LogP contribution in [0.15, 0.2) is 42.5 Å². The van der Waals surface area contributed by atoms with Crippen molar-refractivity contribution < 1.29 is 9.59 Å². The van der Waals surface area contributed by atoms with Gasteiger partial charge in [0.15, 0.2) is 5.78 Å². The summed E-state index contributed by atoms with van der Waals surface area (Å²) in [4.78, 5) is 24.7. The van der Waals surface area contributed by atoms with E-state index in [1.54, 1.807) is 12.1 Å². The molecule has 1 aliphatic carbocycles. The number of fused-ring (bicyclic) bond motifs is 1. The molecule has 0 aliphatic heterocycles. The highest BCUT2D eigenvalue weighted by molar-refractivity contribution is 6.08. The molecule has 1 atom stereocenters. The topological polar surface area (TPSA) is 46.2 Å². The second-order valence-corrected chi connectivity index (χ2v) is 5.51. The maximum atomic E-state index is 12.5.